The summed E-state index contributed by atoms with van der Waals surface area (Å²) in [5, 5.41) is 11.3. The molecule has 0 saturated heterocycles. The third-order valence-corrected chi connectivity index (χ3v) is 3.59. The van der Waals surface area contributed by atoms with Crippen molar-refractivity contribution < 1.29 is 4.79 Å². The molecule has 17 heavy (non-hydrogen) atoms. The van der Waals surface area contributed by atoms with Crippen LogP contribution in [-0.2, 0) is 4.79 Å². The van der Waals surface area contributed by atoms with Gasteiger partial charge < -0.3 is 5.32 Å². The Labute approximate surface area is 101 Å². The fourth-order valence-corrected chi connectivity index (χ4v) is 2.45. The van der Waals surface area contributed by atoms with Crippen LogP contribution in [-0.4, -0.2) is 11.9 Å². The molecule has 1 aromatic carbocycles. The molecule has 1 aliphatic carbocycles. The van der Waals surface area contributed by atoms with Crippen molar-refractivity contribution >= 4 is 5.91 Å². The van der Waals surface area contributed by atoms with Crippen molar-refractivity contribution in [1.29, 1.82) is 5.26 Å². The first-order chi connectivity index (χ1) is 8.22. The standard InChI is InChI=1S/C14H16N2O/c1-10-12(11-5-3-2-4-6-11)9-13(10)16-14(17)7-8-15/h2-6,10,12-13H,7,9H2,1H3,(H,16,17). The van der Waals surface area contributed by atoms with Gasteiger partial charge in [-0.2, -0.15) is 5.26 Å². The maximum atomic E-state index is 11.3. The highest BCUT2D eigenvalue weighted by Gasteiger charge is 2.39. The van der Waals surface area contributed by atoms with Crippen LogP contribution in [0.2, 0.25) is 0 Å². The van der Waals surface area contributed by atoms with E-state index in [4.69, 9.17) is 5.26 Å². The van der Waals surface area contributed by atoms with Gasteiger partial charge in [0.15, 0.2) is 0 Å². The van der Waals surface area contributed by atoms with Gasteiger partial charge in [-0.3, -0.25) is 4.79 Å². The van der Waals surface area contributed by atoms with Gasteiger partial charge >= 0.3 is 0 Å². The smallest absolute Gasteiger partial charge is 0.234 e. The largest absolute Gasteiger partial charge is 0.352 e. The molecule has 0 bridgehead atoms. The summed E-state index contributed by atoms with van der Waals surface area (Å²) in [4.78, 5) is 11.3. The van der Waals surface area contributed by atoms with Crippen LogP contribution in [0.15, 0.2) is 30.3 Å². The van der Waals surface area contributed by atoms with Crippen molar-refractivity contribution in [2.75, 3.05) is 0 Å². The van der Waals surface area contributed by atoms with Gasteiger partial charge in [0.1, 0.15) is 6.42 Å². The van der Waals surface area contributed by atoms with Crippen LogP contribution in [0, 0.1) is 17.2 Å². The molecule has 1 aromatic rings. The zero-order chi connectivity index (χ0) is 12.3. The minimum atomic E-state index is -0.157. The Morgan fingerprint density at radius 3 is 2.76 bits per heavy atom. The number of nitriles is 1. The second-order valence-electron chi connectivity index (χ2n) is 4.62. The fourth-order valence-electron chi connectivity index (χ4n) is 2.45. The highest BCUT2D eigenvalue weighted by Crippen LogP contribution is 2.42. The third kappa shape index (κ3) is 2.47. The molecule has 0 aromatic heterocycles. The van der Waals surface area contributed by atoms with Gasteiger partial charge in [0.05, 0.1) is 6.07 Å². The van der Waals surface area contributed by atoms with E-state index in [1.165, 1.54) is 5.56 Å². The van der Waals surface area contributed by atoms with Crippen LogP contribution >= 0.6 is 0 Å². The molecule has 88 valence electrons. The molecule has 0 radical (unpaired) electrons. The average Bonchev–Trinajstić information content (AvgIpc) is 2.35. The molecule has 2 rings (SSSR count). The van der Waals surface area contributed by atoms with Crippen molar-refractivity contribution in [2.24, 2.45) is 5.92 Å². The number of nitrogens with one attached hydrogen (secondary N) is 1. The van der Waals surface area contributed by atoms with Crippen molar-refractivity contribution in [3.05, 3.63) is 35.9 Å². The normalized spacial score (nSPS) is 26.7. The van der Waals surface area contributed by atoms with Crippen LogP contribution in [0.25, 0.3) is 0 Å². The summed E-state index contributed by atoms with van der Waals surface area (Å²) >= 11 is 0. The van der Waals surface area contributed by atoms with Crippen molar-refractivity contribution in [3.63, 3.8) is 0 Å². The van der Waals surface area contributed by atoms with Gasteiger partial charge in [-0.05, 0) is 23.8 Å². The minimum absolute atomic E-state index is 0.0424. The Kier molecular flexibility index (Phi) is 3.43. The van der Waals surface area contributed by atoms with Crippen molar-refractivity contribution in [1.82, 2.24) is 5.32 Å². The van der Waals surface area contributed by atoms with Crippen molar-refractivity contribution in [2.45, 2.75) is 31.7 Å². The van der Waals surface area contributed by atoms with E-state index in [-0.39, 0.29) is 18.4 Å². The number of carbonyl (C=O) groups excluding carboxylic acids is 1. The van der Waals surface area contributed by atoms with E-state index >= 15 is 0 Å². The van der Waals surface area contributed by atoms with E-state index in [1.807, 2.05) is 24.3 Å². The van der Waals surface area contributed by atoms with Gasteiger partial charge in [0, 0.05) is 6.04 Å². The van der Waals surface area contributed by atoms with Crippen LogP contribution in [0.1, 0.15) is 31.2 Å². The van der Waals surface area contributed by atoms with E-state index in [9.17, 15) is 4.79 Å². The lowest BCUT2D eigenvalue weighted by Gasteiger charge is -2.43. The van der Waals surface area contributed by atoms with Crippen LogP contribution in [0.5, 0.6) is 0 Å². The Balaban J connectivity index is 1.90. The molecular formula is C14H16N2O. The highest BCUT2D eigenvalue weighted by atomic mass is 16.1. The highest BCUT2D eigenvalue weighted by molar-refractivity contribution is 5.78. The molecular weight excluding hydrogens is 212 g/mol. The minimum Gasteiger partial charge on any atom is -0.352 e. The molecule has 3 heteroatoms. The average molecular weight is 228 g/mol. The van der Waals surface area contributed by atoms with Crippen LogP contribution in [0.3, 0.4) is 0 Å². The molecule has 3 unspecified atom stereocenters. The summed E-state index contributed by atoms with van der Waals surface area (Å²) in [6.07, 6.45) is 0.932. The predicted molar refractivity (Wildman–Crippen MR) is 65.1 cm³/mol. The molecule has 1 aliphatic rings. The molecule has 1 amide bonds. The summed E-state index contributed by atoms with van der Waals surface area (Å²) in [6, 6.07) is 12.5. The number of hydrogen-bond donors (Lipinski definition) is 1. The number of carbonyl (C=O) groups is 1. The Morgan fingerprint density at radius 2 is 2.18 bits per heavy atom. The number of rotatable bonds is 3. The first-order valence-electron chi connectivity index (χ1n) is 5.93. The summed E-state index contributed by atoms with van der Waals surface area (Å²) in [7, 11) is 0. The molecule has 0 spiro atoms. The Bertz CT molecular complexity index is 435. The number of hydrogen-bond acceptors (Lipinski definition) is 2. The van der Waals surface area contributed by atoms with Crippen molar-refractivity contribution in [3.8, 4) is 6.07 Å². The summed E-state index contributed by atoms with van der Waals surface area (Å²) in [6.45, 7) is 2.15. The summed E-state index contributed by atoms with van der Waals surface area (Å²) in [5.74, 6) is 0.819. The zero-order valence-electron chi connectivity index (χ0n) is 9.89. The van der Waals surface area contributed by atoms with Crippen LogP contribution in [0.4, 0.5) is 0 Å². The van der Waals surface area contributed by atoms with Crippen LogP contribution < -0.4 is 5.32 Å². The molecule has 3 atom stereocenters. The summed E-state index contributed by atoms with van der Waals surface area (Å²) in [5.41, 5.74) is 1.34. The molecule has 1 N–H and O–H groups in total. The fraction of sp³-hybridized carbons (Fsp3) is 0.429. The molecule has 1 fully saturated rings. The number of benzene rings is 1. The van der Waals surface area contributed by atoms with E-state index in [2.05, 4.69) is 24.4 Å². The maximum Gasteiger partial charge on any atom is 0.234 e. The van der Waals surface area contributed by atoms with E-state index < -0.39 is 0 Å². The third-order valence-electron chi connectivity index (χ3n) is 3.59. The monoisotopic (exact) mass is 228 g/mol. The molecule has 1 saturated carbocycles. The maximum absolute atomic E-state index is 11.3. The summed E-state index contributed by atoms with van der Waals surface area (Å²) < 4.78 is 0. The van der Waals surface area contributed by atoms with Gasteiger partial charge in [-0.25, -0.2) is 0 Å². The first kappa shape index (κ1) is 11.7. The predicted octanol–water partition coefficient (Wildman–Crippen LogP) is 2.21. The quantitative estimate of drug-likeness (QED) is 0.862. The number of amides is 1. The van der Waals surface area contributed by atoms with Gasteiger partial charge in [-0.1, -0.05) is 37.3 Å². The topological polar surface area (TPSA) is 52.9 Å². The lowest BCUT2D eigenvalue weighted by molar-refractivity contribution is -0.122. The lowest BCUT2D eigenvalue weighted by atomic mass is 9.67. The SMILES string of the molecule is CC1C(NC(=O)CC#N)CC1c1ccccc1. The Morgan fingerprint density at radius 1 is 1.47 bits per heavy atom. The van der Waals surface area contributed by atoms with E-state index in [0.29, 0.717) is 11.8 Å². The Hall–Kier alpha value is -1.82. The van der Waals surface area contributed by atoms with E-state index in [1.54, 1.807) is 0 Å². The second-order valence-corrected chi connectivity index (χ2v) is 4.62. The molecule has 3 nitrogen and oxygen atoms in total. The second kappa shape index (κ2) is 5.01. The number of nitrogens with zero attached hydrogens (tertiary/aromatic N) is 1. The van der Waals surface area contributed by atoms with E-state index in [0.717, 1.165) is 6.42 Å². The molecule has 0 heterocycles. The zero-order valence-corrected chi connectivity index (χ0v) is 9.89. The first-order valence-corrected chi connectivity index (χ1v) is 5.93. The lowest BCUT2D eigenvalue weighted by Crippen LogP contribution is -2.50. The van der Waals surface area contributed by atoms with Gasteiger partial charge in [-0.15, -0.1) is 0 Å². The van der Waals surface area contributed by atoms with Gasteiger partial charge in [0.2, 0.25) is 5.91 Å². The molecule has 0 aliphatic heterocycles. The van der Waals surface area contributed by atoms with Gasteiger partial charge in [0.25, 0.3) is 0 Å².